The zero-order valence-electron chi connectivity index (χ0n) is 27.9. The summed E-state index contributed by atoms with van der Waals surface area (Å²) in [5.74, 6) is 0.822. The summed E-state index contributed by atoms with van der Waals surface area (Å²) < 4.78 is 0. The normalized spacial score (nSPS) is 16.4. The highest BCUT2D eigenvalue weighted by Gasteiger charge is 2.26. The van der Waals surface area contributed by atoms with E-state index in [2.05, 4.69) is 31.4 Å². The van der Waals surface area contributed by atoms with Crippen molar-refractivity contribution >= 4 is 17.7 Å². The Morgan fingerprint density at radius 2 is 1.26 bits per heavy atom. The van der Waals surface area contributed by atoms with Crippen molar-refractivity contribution in [2.45, 2.75) is 162 Å². The highest BCUT2D eigenvalue weighted by atomic mass is 16.2. The molecular weight excluding hydrogens is 524 g/mol. The van der Waals surface area contributed by atoms with E-state index in [0.29, 0.717) is 24.2 Å². The van der Waals surface area contributed by atoms with Gasteiger partial charge < -0.3 is 21.3 Å². The molecule has 0 aliphatic carbocycles. The molecule has 246 valence electrons. The van der Waals surface area contributed by atoms with Crippen LogP contribution in [-0.4, -0.2) is 55.3 Å². The predicted molar refractivity (Wildman–Crippen MR) is 176 cm³/mol. The molecule has 1 saturated heterocycles. The van der Waals surface area contributed by atoms with Gasteiger partial charge in [-0.25, -0.2) is 0 Å². The first-order valence-corrected chi connectivity index (χ1v) is 17.9. The van der Waals surface area contributed by atoms with Gasteiger partial charge in [-0.2, -0.15) is 0 Å². The average Bonchev–Trinajstić information content (AvgIpc) is 3.42. The number of carbonyl (C=O) groups is 3. The van der Waals surface area contributed by atoms with Crippen molar-refractivity contribution in [1.82, 2.24) is 15.5 Å². The zero-order valence-corrected chi connectivity index (χ0v) is 27.9. The molecule has 1 fully saturated rings. The molecule has 0 aromatic heterocycles. The van der Waals surface area contributed by atoms with E-state index in [1.165, 1.54) is 89.9 Å². The molecular formula is C35H68N4O3. The molecule has 0 saturated carbocycles. The Morgan fingerprint density at radius 3 is 1.81 bits per heavy atom. The number of unbranched alkanes of at least 4 members (excludes halogenated alkanes) is 12. The molecule has 0 aromatic rings. The molecule has 1 aliphatic heterocycles. The summed E-state index contributed by atoms with van der Waals surface area (Å²) >= 11 is 0. The number of rotatable bonds is 27. The molecule has 1 aliphatic rings. The van der Waals surface area contributed by atoms with Gasteiger partial charge in [0.25, 0.3) is 0 Å². The van der Waals surface area contributed by atoms with E-state index in [9.17, 15) is 14.4 Å². The smallest absolute Gasteiger partial charge is 0.241 e. The van der Waals surface area contributed by atoms with E-state index >= 15 is 0 Å². The van der Waals surface area contributed by atoms with Crippen LogP contribution in [0.3, 0.4) is 0 Å². The summed E-state index contributed by atoms with van der Waals surface area (Å²) in [5.41, 5.74) is 6.54. The van der Waals surface area contributed by atoms with Gasteiger partial charge in [0.05, 0.1) is 6.54 Å². The van der Waals surface area contributed by atoms with Crippen LogP contribution < -0.4 is 16.4 Å². The lowest BCUT2D eigenvalue weighted by Crippen LogP contribution is -2.38. The van der Waals surface area contributed by atoms with E-state index in [0.717, 1.165) is 64.7 Å². The van der Waals surface area contributed by atoms with Crippen LogP contribution >= 0.6 is 0 Å². The van der Waals surface area contributed by atoms with Crippen molar-refractivity contribution in [2.24, 2.45) is 17.1 Å². The van der Waals surface area contributed by atoms with Crippen LogP contribution in [0.2, 0.25) is 0 Å². The van der Waals surface area contributed by atoms with Crippen LogP contribution in [0.4, 0.5) is 0 Å². The monoisotopic (exact) mass is 593 g/mol. The molecule has 7 nitrogen and oxygen atoms in total. The summed E-state index contributed by atoms with van der Waals surface area (Å²) in [7, 11) is 0. The maximum atomic E-state index is 12.2. The minimum absolute atomic E-state index is 0.00294. The minimum Gasteiger partial charge on any atom is -0.356 e. The van der Waals surface area contributed by atoms with Gasteiger partial charge in [-0.3, -0.25) is 14.4 Å². The summed E-state index contributed by atoms with van der Waals surface area (Å²) in [5, 5.41) is 5.90. The van der Waals surface area contributed by atoms with Crippen molar-refractivity contribution in [3.05, 3.63) is 0 Å². The number of nitrogens with two attached hydrogens (primary N) is 1. The van der Waals surface area contributed by atoms with Gasteiger partial charge in [0.2, 0.25) is 17.7 Å². The highest BCUT2D eigenvalue weighted by Crippen LogP contribution is 2.35. The molecule has 3 amide bonds. The van der Waals surface area contributed by atoms with Gasteiger partial charge in [-0.1, -0.05) is 104 Å². The molecule has 0 bridgehead atoms. The second-order valence-electron chi connectivity index (χ2n) is 13.3. The second kappa shape index (κ2) is 24.8. The van der Waals surface area contributed by atoms with Crippen molar-refractivity contribution < 1.29 is 14.4 Å². The van der Waals surface area contributed by atoms with Crippen molar-refractivity contribution in [1.29, 1.82) is 0 Å². The third-order valence-electron chi connectivity index (χ3n) is 9.25. The Bertz CT molecular complexity index is 716. The zero-order chi connectivity index (χ0) is 30.9. The highest BCUT2D eigenvalue weighted by molar-refractivity contribution is 5.84. The fraction of sp³-hybridized carbons (Fsp3) is 0.914. The van der Waals surface area contributed by atoms with Gasteiger partial charge in [0.15, 0.2) is 0 Å². The Kier molecular flexibility index (Phi) is 22.6. The van der Waals surface area contributed by atoms with Gasteiger partial charge in [0, 0.05) is 32.5 Å². The first-order chi connectivity index (χ1) is 20.4. The van der Waals surface area contributed by atoms with Crippen molar-refractivity contribution in [3.8, 4) is 0 Å². The Morgan fingerprint density at radius 1 is 0.714 bits per heavy atom. The minimum atomic E-state index is -0.00294. The summed E-state index contributed by atoms with van der Waals surface area (Å²) in [4.78, 5) is 38.2. The third kappa shape index (κ3) is 18.8. The van der Waals surface area contributed by atoms with Gasteiger partial charge in [0.1, 0.15) is 0 Å². The number of hydrogen-bond donors (Lipinski definition) is 3. The number of nitrogens with one attached hydrogen (secondary N) is 2. The van der Waals surface area contributed by atoms with E-state index in [1.807, 2.05) is 4.90 Å². The van der Waals surface area contributed by atoms with Gasteiger partial charge in [-0.15, -0.1) is 0 Å². The maximum absolute atomic E-state index is 12.2. The Balaban J connectivity index is 1.90. The molecule has 0 spiro atoms. The van der Waals surface area contributed by atoms with Crippen LogP contribution in [-0.2, 0) is 14.4 Å². The lowest BCUT2D eigenvalue weighted by Gasteiger charge is -2.33. The second-order valence-corrected chi connectivity index (χ2v) is 13.3. The summed E-state index contributed by atoms with van der Waals surface area (Å²) in [6.07, 6.45) is 24.6. The molecule has 42 heavy (non-hydrogen) atoms. The molecule has 1 rings (SSSR count). The Labute approximate surface area is 259 Å². The topological polar surface area (TPSA) is 105 Å². The van der Waals surface area contributed by atoms with Crippen LogP contribution in [0.15, 0.2) is 0 Å². The SMILES string of the molecule is CCCCCC(CN)(CCC)CCCCCC(=O)NCCCCCCCCCCCC(=O)NCC(=O)N1CCC(C)C1. The van der Waals surface area contributed by atoms with E-state index in [4.69, 9.17) is 5.73 Å². The van der Waals surface area contributed by atoms with Crippen molar-refractivity contribution in [3.63, 3.8) is 0 Å². The number of carbonyl (C=O) groups excluding carboxylic acids is 3. The average molecular weight is 593 g/mol. The first-order valence-electron chi connectivity index (χ1n) is 17.9. The van der Waals surface area contributed by atoms with Gasteiger partial charge in [-0.05, 0) is 62.8 Å². The van der Waals surface area contributed by atoms with Gasteiger partial charge >= 0.3 is 0 Å². The van der Waals surface area contributed by atoms with Crippen LogP contribution in [0.5, 0.6) is 0 Å². The molecule has 7 heteroatoms. The molecule has 1 heterocycles. The predicted octanol–water partition coefficient (Wildman–Crippen LogP) is 7.26. The van der Waals surface area contributed by atoms with Crippen molar-refractivity contribution in [2.75, 3.05) is 32.7 Å². The first kappa shape index (κ1) is 38.4. The molecule has 2 atom stereocenters. The van der Waals surface area contributed by atoms with E-state index in [-0.39, 0.29) is 24.3 Å². The fourth-order valence-electron chi connectivity index (χ4n) is 6.42. The lowest BCUT2D eigenvalue weighted by molar-refractivity contribution is -0.132. The standard InChI is InChI=1S/C35H68N4O3/c1-4-6-17-24-35(30-36,23-5-2)25-18-14-16-20-32(40)37-26-19-13-11-9-7-8-10-12-15-21-33(41)38-28-34(42)39-27-22-31(3)29-39/h31H,4-30,36H2,1-3H3,(H,37,40)(H,38,41). The fourth-order valence-corrected chi connectivity index (χ4v) is 6.42. The molecule has 4 N–H and O–H groups in total. The van der Waals surface area contributed by atoms with Crippen LogP contribution in [0, 0.1) is 11.3 Å². The van der Waals surface area contributed by atoms with Crippen LogP contribution in [0.25, 0.3) is 0 Å². The summed E-state index contributed by atoms with van der Waals surface area (Å²) in [6, 6.07) is 0. The van der Waals surface area contributed by atoms with Crippen LogP contribution in [0.1, 0.15) is 162 Å². The molecule has 0 radical (unpaired) electrons. The number of amides is 3. The van der Waals surface area contributed by atoms with E-state index in [1.54, 1.807) is 0 Å². The maximum Gasteiger partial charge on any atom is 0.241 e. The largest absolute Gasteiger partial charge is 0.356 e. The molecule has 2 unspecified atom stereocenters. The number of nitrogens with zero attached hydrogens (tertiary/aromatic N) is 1. The summed E-state index contributed by atoms with van der Waals surface area (Å²) in [6.45, 7) is 10.1. The van der Waals surface area contributed by atoms with E-state index < -0.39 is 0 Å². The third-order valence-corrected chi connectivity index (χ3v) is 9.25. The molecule has 0 aromatic carbocycles. The Hall–Kier alpha value is -1.63. The lowest BCUT2D eigenvalue weighted by atomic mass is 9.74. The quantitative estimate of drug-likeness (QED) is 0.0873. The number of hydrogen-bond acceptors (Lipinski definition) is 4. The number of likely N-dealkylation sites (tertiary alicyclic amines) is 1.